The van der Waals surface area contributed by atoms with Crippen molar-refractivity contribution in [3.05, 3.63) is 65.5 Å². The maximum Gasteiger partial charge on any atom is 0.416 e. The number of alkyl halides is 3. The zero-order chi connectivity index (χ0) is 19.5. The minimum absolute atomic E-state index is 0.237. The molecule has 0 aliphatic rings. The first kappa shape index (κ1) is 19.9. The van der Waals surface area contributed by atoms with Crippen LogP contribution in [0.4, 0.5) is 17.6 Å². The molecule has 2 aromatic rings. The molecule has 0 saturated carbocycles. The summed E-state index contributed by atoms with van der Waals surface area (Å²) in [5, 5.41) is 0. The summed E-state index contributed by atoms with van der Waals surface area (Å²) in [6, 6.07) is 6.61. The normalized spacial score (nSPS) is 13.4. The van der Waals surface area contributed by atoms with Gasteiger partial charge in [0.05, 0.1) is 16.5 Å². The lowest BCUT2D eigenvalue weighted by Gasteiger charge is -2.18. The lowest BCUT2D eigenvalue weighted by atomic mass is 10.0. The Morgan fingerprint density at radius 3 is 2.27 bits per heavy atom. The summed E-state index contributed by atoms with van der Waals surface area (Å²) < 4.78 is 78.4. The van der Waals surface area contributed by atoms with Crippen LogP contribution >= 0.6 is 0 Å². The maximum atomic E-state index is 13.0. The molecule has 0 saturated heterocycles. The molecule has 0 radical (unpaired) electrons. The van der Waals surface area contributed by atoms with Gasteiger partial charge in [0.25, 0.3) is 0 Å². The maximum absolute atomic E-state index is 13.0. The first-order valence-corrected chi connectivity index (χ1v) is 8.71. The Labute approximate surface area is 146 Å². The average Bonchev–Trinajstić information content (AvgIpc) is 2.53. The van der Waals surface area contributed by atoms with E-state index in [1.165, 1.54) is 12.1 Å². The van der Waals surface area contributed by atoms with Crippen molar-refractivity contribution in [1.82, 2.24) is 4.72 Å². The molecule has 140 valence electrons. The van der Waals surface area contributed by atoms with E-state index in [9.17, 15) is 30.8 Å². The number of hydrogen-bond donors (Lipinski definition) is 2. The Kier molecular flexibility index (Phi) is 5.67. The Bertz CT molecular complexity index is 896. The number of hydrogen-bond acceptors (Lipinski definition) is 3. The monoisotopic (exact) mass is 390 g/mol. The first-order valence-electron chi connectivity index (χ1n) is 7.22. The number of primary amides is 1. The molecule has 26 heavy (non-hydrogen) atoms. The number of rotatable bonds is 6. The second-order valence-corrected chi connectivity index (χ2v) is 7.14. The molecule has 0 aliphatic carbocycles. The van der Waals surface area contributed by atoms with Gasteiger partial charge in [0, 0.05) is 6.42 Å². The van der Waals surface area contributed by atoms with Gasteiger partial charge in [-0.1, -0.05) is 18.2 Å². The van der Waals surface area contributed by atoms with Crippen LogP contribution in [0.3, 0.4) is 0 Å². The van der Waals surface area contributed by atoms with Crippen molar-refractivity contribution in [3.63, 3.8) is 0 Å². The van der Waals surface area contributed by atoms with Crippen molar-refractivity contribution < 1.29 is 30.8 Å². The standard InChI is InChI=1S/C16H14F4N2O3S/c17-12-6-4-10(5-7-12)14(9-15(21)23)22-26(24,25)13-3-1-2-11(8-13)16(18,19)20/h1-8,14,22H,9H2,(H2,21,23). The van der Waals surface area contributed by atoms with Crippen LogP contribution in [0, 0.1) is 5.82 Å². The van der Waals surface area contributed by atoms with Gasteiger partial charge in [0.2, 0.25) is 15.9 Å². The minimum atomic E-state index is -4.71. The van der Waals surface area contributed by atoms with Gasteiger partial charge in [-0.15, -0.1) is 0 Å². The van der Waals surface area contributed by atoms with Crippen LogP contribution in [-0.2, 0) is 21.0 Å². The molecular weight excluding hydrogens is 376 g/mol. The number of nitrogens with one attached hydrogen (secondary N) is 1. The van der Waals surface area contributed by atoms with Gasteiger partial charge >= 0.3 is 6.18 Å². The SMILES string of the molecule is NC(=O)CC(NS(=O)(=O)c1cccc(C(F)(F)F)c1)c1ccc(F)cc1. The predicted molar refractivity (Wildman–Crippen MR) is 84.7 cm³/mol. The summed E-state index contributed by atoms with van der Waals surface area (Å²) in [7, 11) is -4.40. The molecule has 10 heteroatoms. The fraction of sp³-hybridized carbons (Fsp3) is 0.188. The molecule has 0 fully saturated rings. The second-order valence-electron chi connectivity index (χ2n) is 5.42. The Balaban J connectivity index is 2.37. The number of nitrogens with two attached hydrogens (primary N) is 1. The van der Waals surface area contributed by atoms with E-state index in [1.54, 1.807) is 0 Å². The highest BCUT2D eigenvalue weighted by molar-refractivity contribution is 7.89. The van der Waals surface area contributed by atoms with Crippen LogP contribution in [0.1, 0.15) is 23.6 Å². The molecule has 1 unspecified atom stereocenters. The molecular formula is C16H14F4N2O3S. The van der Waals surface area contributed by atoms with E-state index in [4.69, 9.17) is 5.73 Å². The molecule has 0 spiro atoms. The van der Waals surface area contributed by atoms with Crippen LogP contribution < -0.4 is 10.5 Å². The molecule has 5 nitrogen and oxygen atoms in total. The van der Waals surface area contributed by atoms with Crippen LogP contribution in [-0.4, -0.2) is 14.3 Å². The topological polar surface area (TPSA) is 89.3 Å². The third-order valence-corrected chi connectivity index (χ3v) is 4.92. The zero-order valence-corrected chi connectivity index (χ0v) is 13.9. The van der Waals surface area contributed by atoms with Gasteiger partial charge in [-0.3, -0.25) is 4.79 Å². The average molecular weight is 390 g/mol. The summed E-state index contributed by atoms with van der Waals surface area (Å²) in [6.45, 7) is 0. The number of carbonyl (C=O) groups is 1. The van der Waals surface area contributed by atoms with Crippen molar-refractivity contribution in [3.8, 4) is 0 Å². The molecule has 2 rings (SSSR count). The smallest absolute Gasteiger partial charge is 0.370 e. The fourth-order valence-electron chi connectivity index (χ4n) is 2.22. The first-order chi connectivity index (χ1) is 12.0. The molecule has 1 atom stereocenters. The lowest BCUT2D eigenvalue weighted by Crippen LogP contribution is -2.32. The Morgan fingerprint density at radius 1 is 1.12 bits per heavy atom. The van der Waals surface area contributed by atoms with E-state index in [0.29, 0.717) is 6.07 Å². The van der Waals surface area contributed by atoms with Gasteiger partial charge < -0.3 is 5.73 Å². The van der Waals surface area contributed by atoms with Crippen molar-refractivity contribution in [2.45, 2.75) is 23.5 Å². The third kappa shape index (κ3) is 5.02. The highest BCUT2D eigenvalue weighted by Gasteiger charge is 2.32. The van der Waals surface area contributed by atoms with E-state index in [-0.39, 0.29) is 5.56 Å². The highest BCUT2D eigenvalue weighted by Crippen LogP contribution is 2.31. The number of amides is 1. The van der Waals surface area contributed by atoms with Gasteiger partial charge in [-0.05, 0) is 35.9 Å². The van der Waals surface area contributed by atoms with Crippen molar-refractivity contribution in [2.24, 2.45) is 5.73 Å². The fourth-order valence-corrected chi connectivity index (χ4v) is 3.49. The van der Waals surface area contributed by atoms with Crippen LogP contribution in [0.15, 0.2) is 53.4 Å². The van der Waals surface area contributed by atoms with Crippen LogP contribution in [0.5, 0.6) is 0 Å². The van der Waals surface area contributed by atoms with E-state index in [0.717, 1.165) is 30.3 Å². The highest BCUT2D eigenvalue weighted by atomic mass is 32.2. The summed E-state index contributed by atoms with van der Waals surface area (Å²) in [5.74, 6) is -1.42. The van der Waals surface area contributed by atoms with Gasteiger partial charge in [-0.2, -0.15) is 13.2 Å². The number of sulfonamides is 1. The van der Waals surface area contributed by atoms with Gasteiger partial charge in [0.1, 0.15) is 5.82 Å². The van der Waals surface area contributed by atoms with Crippen molar-refractivity contribution >= 4 is 15.9 Å². The molecule has 0 aliphatic heterocycles. The van der Waals surface area contributed by atoms with E-state index < -0.39 is 50.8 Å². The Hall–Kier alpha value is -2.46. The number of carbonyl (C=O) groups excluding carboxylic acids is 1. The predicted octanol–water partition coefficient (Wildman–Crippen LogP) is 2.74. The molecule has 1 amide bonds. The second kappa shape index (κ2) is 7.42. The van der Waals surface area contributed by atoms with Crippen LogP contribution in [0.2, 0.25) is 0 Å². The van der Waals surface area contributed by atoms with Crippen molar-refractivity contribution in [1.29, 1.82) is 0 Å². The molecule has 0 heterocycles. The minimum Gasteiger partial charge on any atom is -0.370 e. The van der Waals surface area contributed by atoms with Crippen molar-refractivity contribution in [2.75, 3.05) is 0 Å². The quantitative estimate of drug-likeness (QED) is 0.744. The largest absolute Gasteiger partial charge is 0.416 e. The third-order valence-electron chi connectivity index (χ3n) is 3.45. The molecule has 3 N–H and O–H groups in total. The Morgan fingerprint density at radius 2 is 1.73 bits per heavy atom. The molecule has 2 aromatic carbocycles. The number of benzene rings is 2. The van der Waals surface area contributed by atoms with Gasteiger partial charge in [-0.25, -0.2) is 17.5 Å². The summed E-state index contributed by atoms with van der Waals surface area (Å²) in [4.78, 5) is 10.6. The lowest BCUT2D eigenvalue weighted by molar-refractivity contribution is -0.137. The summed E-state index contributed by atoms with van der Waals surface area (Å²) in [6.07, 6.45) is -5.17. The molecule has 0 bridgehead atoms. The zero-order valence-electron chi connectivity index (χ0n) is 13.1. The molecule has 0 aromatic heterocycles. The summed E-state index contributed by atoms with van der Waals surface area (Å²) in [5.41, 5.74) is 4.21. The van der Waals surface area contributed by atoms with E-state index in [2.05, 4.69) is 4.72 Å². The number of halogens is 4. The summed E-state index contributed by atoms with van der Waals surface area (Å²) >= 11 is 0. The van der Waals surface area contributed by atoms with E-state index in [1.807, 2.05) is 0 Å². The van der Waals surface area contributed by atoms with Crippen LogP contribution in [0.25, 0.3) is 0 Å². The van der Waals surface area contributed by atoms with Gasteiger partial charge in [0.15, 0.2) is 0 Å². The van der Waals surface area contributed by atoms with E-state index >= 15 is 0 Å².